The molecule has 0 amide bonds. The molecular weight excluding hydrogens is 342 g/mol. The molecule has 28 heavy (non-hydrogen) atoms. The Balaban J connectivity index is 1.28. The van der Waals surface area contributed by atoms with Crippen LogP contribution in [0, 0.1) is 5.41 Å². The van der Waals surface area contributed by atoms with Crippen molar-refractivity contribution in [3.8, 4) is 0 Å². The molecule has 1 aromatic carbocycles. The Hall–Kier alpha value is -1.06. The minimum atomic E-state index is 0.610. The van der Waals surface area contributed by atoms with Crippen LogP contribution >= 0.6 is 0 Å². The zero-order valence-electron chi connectivity index (χ0n) is 18.5. The van der Waals surface area contributed by atoms with E-state index in [1.165, 1.54) is 82.4 Å². The molecule has 2 saturated heterocycles. The molecule has 156 valence electrons. The molecule has 0 atom stereocenters. The number of hydrogen-bond acceptors (Lipinski definition) is 3. The predicted molar refractivity (Wildman–Crippen MR) is 120 cm³/mol. The first-order valence-corrected chi connectivity index (χ1v) is 11.9. The standard InChI is InChI=1S/C25H41N3/c1-4-26(21(2)3)20-22-8-10-24(11-9-22)28-18-14-25(15-19-28)12-16-27(17-13-25)23-6-5-7-23/h8-11,21,23H,4-7,12-20H2,1-3H3. The first-order valence-electron chi connectivity index (χ1n) is 11.9. The first kappa shape index (κ1) is 20.2. The summed E-state index contributed by atoms with van der Waals surface area (Å²) < 4.78 is 0. The van der Waals surface area contributed by atoms with Crippen molar-refractivity contribution in [2.75, 3.05) is 37.6 Å². The van der Waals surface area contributed by atoms with Gasteiger partial charge in [-0.3, -0.25) is 4.90 Å². The van der Waals surface area contributed by atoms with Gasteiger partial charge in [0.15, 0.2) is 0 Å². The van der Waals surface area contributed by atoms with Crippen molar-refractivity contribution in [1.82, 2.24) is 9.80 Å². The Morgan fingerprint density at radius 2 is 1.57 bits per heavy atom. The Morgan fingerprint density at radius 1 is 0.964 bits per heavy atom. The summed E-state index contributed by atoms with van der Waals surface area (Å²) in [7, 11) is 0. The van der Waals surface area contributed by atoms with Crippen LogP contribution < -0.4 is 4.90 Å². The van der Waals surface area contributed by atoms with Crippen LogP contribution in [0.5, 0.6) is 0 Å². The monoisotopic (exact) mass is 383 g/mol. The second-order valence-corrected chi connectivity index (χ2v) is 9.93. The largest absolute Gasteiger partial charge is 0.371 e. The van der Waals surface area contributed by atoms with Crippen molar-refractivity contribution in [2.45, 2.75) is 84.3 Å². The zero-order chi connectivity index (χ0) is 19.6. The molecule has 2 aliphatic heterocycles. The number of benzene rings is 1. The van der Waals surface area contributed by atoms with Gasteiger partial charge in [0.05, 0.1) is 0 Å². The van der Waals surface area contributed by atoms with Crippen LogP contribution in [-0.2, 0) is 6.54 Å². The van der Waals surface area contributed by atoms with E-state index in [2.05, 4.69) is 59.7 Å². The summed E-state index contributed by atoms with van der Waals surface area (Å²) in [6, 6.07) is 11.0. The average molecular weight is 384 g/mol. The highest BCUT2D eigenvalue weighted by Gasteiger charge is 2.39. The predicted octanol–water partition coefficient (Wildman–Crippen LogP) is 5.15. The van der Waals surface area contributed by atoms with Crippen molar-refractivity contribution < 1.29 is 0 Å². The molecule has 1 aliphatic carbocycles. The van der Waals surface area contributed by atoms with Crippen LogP contribution in [-0.4, -0.2) is 54.6 Å². The number of hydrogen-bond donors (Lipinski definition) is 0. The third kappa shape index (κ3) is 4.41. The molecule has 3 heteroatoms. The SMILES string of the molecule is CCN(Cc1ccc(N2CCC3(CC2)CCN(C2CCC2)CC3)cc1)C(C)C. The van der Waals surface area contributed by atoms with Crippen molar-refractivity contribution in [1.29, 1.82) is 0 Å². The lowest BCUT2D eigenvalue weighted by Crippen LogP contribution is -2.50. The quantitative estimate of drug-likeness (QED) is 0.672. The fourth-order valence-electron chi connectivity index (χ4n) is 5.56. The minimum Gasteiger partial charge on any atom is -0.371 e. The third-order valence-electron chi connectivity index (χ3n) is 8.10. The third-order valence-corrected chi connectivity index (χ3v) is 8.10. The lowest BCUT2D eigenvalue weighted by atomic mass is 9.70. The van der Waals surface area contributed by atoms with Gasteiger partial charge in [-0.25, -0.2) is 0 Å². The molecule has 1 saturated carbocycles. The topological polar surface area (TPSA) is 9.72 Å². The van der Waals surface area contributed by atoms with Crippen molar-refractivity contribution in [2.24, 2.45) is 5.41 Å². The second-order valence-electron chi connectivity index (χ2n) is 9.93. The Kier molecular flexibility index (Phi) is 6.32. The summed E-state index contributed by atoms with van der Waals surface area (Å²) in [6.07, 6.45) is 10.1. The summed E-state index contributed by atoms with van der Waals surface area (Å²) >= 11 is 0. The van der Waals surface area contributed by atoms with E-state index < -0.39 is 0 Å². The number of anilines is 1. The van der Waals surface area contributed by atoms with E-state index in [0.717, 1.165) is 19.1 Å². The van der Waals surface area contributed by atoms with Crippen LogP contribution in [0.3, 0.4) is 0 Å². The molecule has 3 nitrogen and oxygen atoms in total. The van der Waals surface area contributed by atoms with Crippen molar-refractivity contribution >= 4 is 5.69 Å². The van der Waals surface area contributed by atoms with Gasteiger partial charge in [-0.05, 0) is 95.1 Å². The van der Waals surface area contributed by atoms with Crippen LogP contribution in [0.2, 0.25) is 0 Å². The van der Waals surface area contributed by atoms with E-state index in [1.54, 1.807) is 0 Å². The molecule has 0 aromatic heterocycles. The first-order chi connectivity index (χ1) is 13.6. The van der Waals surface area contributed by atoms with Gasteiger partial charge in [-0.1, -0.05) is 25.5 Å². The summed E-state index contributed by atoms with van der Waals surface area (Å²) in [5.74, 6) is 0. The van der Waals surface area contributed by atoms with E-state index in [0.29, 0.717) is 11.5 Å². The van der Waals surface area contributed by atoms with Crippen LogP contribution in [0.4, 0.5) is 5.69 Å². The van der Waals surface area contributed by atoms with Gasteiger partial charge < -0.3 is 9.80 Å². The van der Waals surface area contributed by atoms with E-state index in [9.17, 15) is 0 Å². The van der Waals surface area contributed by atoms with Gasteiger partial charge in [0.1, 0.15) is 0 Å². The Morgan fingerprint density at radius 3 is 2.07 bits per heavy atom. The number of nitrogens with zero attached hydrogens (tertiary/aromatic N) is 3. The smallest absolute Gasteiger partial charge is 0.0366 e. The Labute approximate surface area is 173 Å². The van der Waals surface area contributed by atoms with Crippen LogP contribution in [0.1, 0.15) is 71.3 Å². The van der Waals surface area contributed by atoms with Gasteiger partial charge in [-0.15, -0.1) is 0 Å². The molecule has 0 N–H and O–H groups in total. The van der Waals surface area contributed by atoms with E-state index in [-0.39, 0.29) is 0 Å². The van der Waals surface area contributed by atoms with Gasteiger partial charge in [0.25, 0.3) is 0 Å². The lowest BCUT2D eigenvalue weighted by molar-refractivity contribution is 0.0306. The lowest BCUT2D eigenvalue weighted by Gasteiger charge is -2.50. The van der Waals surface area contributed by atoms with Crippen molar-refractivity contribution in [3.63, 3.8) is 0 Å². The fourth-order valence-corrected chi connectivity index (χ4v) is 5.56. The summed E-state index contributed by atoms with van der Waals surface area (Å²) in [5.41, 5.74) is 3.52. The molecule has 4 rings (SSSR count). The summed E-state index contributed by atoms with van der Waals surface area (Å²) in [5, 5.41) is 0. The highest BCUT2D eigenvalue weighted by Crippen LogP contribution is 2.43. The van der Waals surface area contributed by atoms with Crippen LogP contribution in [0.25, 0.3) is 0 Å². The normalized spacial score (nSPS) is 23.5. The molecule has 2 heterocycles. The van der Waals surface area contributed by atoms with Gasteiger partial charge in [0.2, 0.25) is 0 Å². The maximum absolute atomic E-state index is 2.80. The maximum atomic E-state index is 2.80. The second kappa shape index (κ2) is 8.75. The number of rotatable bonds is 6. The molecule has 3 aliphatic rings. The minimum absolute atomic E-state index is 0.610. The number of likely N-dealkylation sites (tertiary alicyclic amines) is 1. The summed E-state index contributed by atoms with van der Waals surface area (Å²) in [6.45, 7) is 14.2. The highest BCUT2D eigenvalue weighted by molar-refractivity contribution is 5.48. The zero-order valence-corrected chi connectivity index (χ0v) is 18.5. The maximum Gasteiger partial charge on any atom is 0.0366 e. The van der Waals surface area contributed by atoms with Gasteiger partial charge in [-0.2, -0.15) is 0 Å². The summed E-state index contributed by atoms with van der Waals surface area (Å²) in [4.78, 5) is 7.96. The molecule has 1 spiro atoms. The highest BCUT2D eigenvalue weighted by atomic mass is 15.2. The van der Waals surface area contributed by atoms with E-state index in [4.69, 9.17) is 0 Å². The van der Waals surface area contributed by atoms with Crippen molar-refractivity contribution in [3.05, 3.63) is 29.8 Å². The fraction of sp³-hybridized carbons (Fsp3) is 0.760. The molecule has 1 aromatic rings. The average Bonchev–Trinajstić information content (AvgIpc) is 2.68. The number of piperidine rings is 2. The van der Waals surface area contributed by atoms with E-state index in [1.807, 2.05) is 0 Å². The molecule has 3 fully saturated rings. The van der Waals surface area contributed by atoms with Crippen LogP contribution in [0.15, 0.2) is 24.3 Å². The van der Waals surface area contributed by atoms with Gasteiger partial charge in [0, 0.05) is 37.4 Å². The van der Waals surface area contributed by atoms with E-state index >= 15 is 0 Å². The molecule has 0 bridgehead atoms. The molecular formula is C25H41N3. The molecule has 0 radical (unpaired) electrons. The Bertz CT molecular complexity index is 601. The van der Waals surface area contributed by atoms with Gasteiger partial charge >= 0.3 is 0 Å². The molecule has 0 unspecified atom stereocenters.